The predicted octanol–water partition coefficient (Wildman–Crippen LogP) is 2.53. The van der Waals surface area contributed by atoms with Crippen LogP contribution in [0.4, 0.5) is 0 Å². The number of aryl methyl sites for hydroxylation is 1. The number of aliphatic hydroxyl groups is 1. The lowest BCUT2D eigenvalue weighted by atomic mass is 10.1. The van der Waals surface area contributed by atoms with Crippen molar-refractivity contribution in [3.05, 3.63) is 23.8 Å². The van der Waals surface area contributed by atoms with Crippen molar-refractivity contribution in [2.45, 2.75) is 58.5 Å². The number of esters is 1. The third-order valence-electron chi connectivity index (χ3n) is 2.69. The molecule has 0 fully saturated rings. The number of nitrogens with zero attached hydrogens (tertiary/aromatic N) is 2. The number of ether oxygens (including phenoxy) is 1. The number of carbonyl (C=O) groups is 1. The van der Waals surface area contributed by atoms with Crippen molar-refractivity contribution in [1.82, 2.24) is 9.97 Å². The van der Waals surface area contributed by atoms with E-state index in [-0.39, 0.29) is 6.61 Å². The van der Waals surface area contributed by atoms with Crippen LogP contribution in [0.25, 0.3) is 0 Å². The van der Waals surface area contributed by atoms with E-state index in [9.17, 15) is 4.79 Å². The Morgan fingerprint density at radius 1 is 1.15 bits per heavy atom. The maximum absolute atomic E-state index is 12.1. The number of aromatic nitrogens is 2. The first kappa shape index (κ1) is 16.6. The van der Waals surface area contributed by atoms with Crippen LogP contribution in [0.15, 0.2) is 12.4 Å². The van der Waals surface area contributed by atoms with Gasteiger partial charge in [-0.2, -0.15) is 0 Å². The fourth-order valence-electron chi connectivity index (χ4n) is 1.80. The quantitative estimate of drug-likeness (QED) is 0.614. The highest BCUT2D eigenvalue weighted by Gasteiger charge is 2.21. The molecule has 1 aromatic heterocycles. The summed E-state index contributed by atoms with van der Waals surface area (Å²) in [4.78, 5) is 20.4. The highest BCUT2D eigenvalue weighted by Crippen LogP contribution is 2.14. The molecule has 112 valence electrons. The molecule has 0 aliphatic heterocycles. The Morgan fingerprint density at radius 2 is 1.80 bits per heavy atom. The minimum absolute atomic E-state index is 0.230. The lowest BCUT2D eigenvalue weighted by molar-refractivity contribution is 0.00608. The van der Waals surface area contributed by atoms with Gasteiger partial charge in [0.2, 0.25) is 0 Å². The molecule has 5 heteroatoms. The standard InChI is InChI=1S/C15H24N2O3/c1-15(2,3)20-14(19)13-12(16-9-10-17-13)8-6-4-5-7-11-18/h9-10,18H,4-8,11H2,1-3H3. The zero-order valence-corrected chi connectivity index (χ0v) is 12.6. The van der Waals surface area contributed by atoms with Crippen molar-refractivity contribution in [3.8, 4) is 0 Å². The van der Waals surface area contributed by atoms with Crippen molar-refractivity contribution in [2.75, 3.05) is 6.61 Å². The molecule has 5 nitrogen and oxygen atoms in total. The molecule has 20 heavy (non-hydrogen) atoms. The van der Waals surface area contributed by atoms with Gasteiger partial charge in [0.1, 0.15) is 5.60 Å². The van der Waals surface area contributed by atoms with Crippen molar-refractivity contribution < 1.29 is 14.6 Å². The van der Waals surface area contributed by atoms with Crippen LogP contribution in [0, 0.1) is 0 Å². The summed E-state index contributed by atoms with van der Waals surface area (Å²) >= 11 is 0. The Morgan fingerprint density at radius 3 is 2.45 bits per heavy atom. The third-order valence-corrected chi connectivity index (χ3v) is 2.69. The lowest BCUT2D eigenvalue weighted by Gasteiger charge is -2.19. The summed E-state index contributed by atoms with van der Waals surface area (Å²) in [6.07, 6.45) is 7.54. The Labute approximate surface area is 120 Å². The molecule has 1 aromatic rings. The fraction of sp³-hybridized carbons (Fsp3) is 0.667. The number of hydrogen-bond acceptors (Lipinski definition) is 5. The molecule has 1 rings (SSSR count). The van der Waals surface area contributed by atoms with Gasteiger partial charge in [0.05, 0.1) is 5.69 Å². The second-order valence-corrected chi connectivity index (χ2v) is 5.74. The minimum Gasteiger partial charge on any atom is -0.455 e. The largest absolute Gasteiger partial charge is 0.455 e. The number of hydrogen-bond donors (Lipinski definition) is 1. The molecular weight excluding hydrogens is 256 g/mol. The van der Waals surface area contributed by atoms with Gasteiger partial charge in [-0.15, -0.1) is 0 Å². The van der Waals surface area contributed by atoms with Gasteiger partial charge in [-0.3, -0.25) is 4.98 Å². The van der Waals surface area contributed by atoms with Gasteiger partial charge >= 0.3 is 5.97 Å². The van der Waals surface area contributed by atoms with Crippen LogP contribution in [0.3, 0.4) is 0 Å². The molecule has 0 saturated heterocycles. The van der Waals surface area contributed by atoms with Gasteiger partial charge in [-0.1, -0.05) is 12.8 Å². The molecular formula is C15H24N2O3. The average Bonchev–Trinajstić information content (AvgIpc) is 2.37. The first-order valence-electron chi connectivity index (χ1n) is 7.08. The van der Waals surface area contributed by atoms with Crippen LogP contribution in [-0.2, 0) is 11.2 Å². The highest BCUT2D eigenvalue weighted by molar-refractivity contribution is 5.88. The zero-order chi connectivity index (χ0) is 15.0. The highest BCUT2D eigenvalue weighted by atomic mass is 16.6. The van der Waals surface area contributed by atoms with Crippen LogP contribution in [0.2, 0.25) is 0 Å². The first-order valence-corrected chi connectivity index (χ1v) is 7.08. The summed E-state index contributed by atoms with van der Waals surface area (Å²) < 4.78 is 5.33. The van der Waals surface area contributed by atoms with Crippen LogP contribution < -0.4 is 0 Å². The van der Waals surface area contributed by atoms with E-state index < -0.39 is 11.6 Å². The Kier molecular flexibility index (Phi) is 6.58. The number of rotatable bonds is 7. The molecule has 1 heterocycles. The van der Waals surface area contributed by atoms with E-state index in [1.165, 1.54) is 6.20 Å². The third kappa shape index (κ3) is 6.10. The molecule has 0 aliphatic rings. The summed E-state index contributed by atoms with van der Waals surface area (Å²) in [6, 6.07) is 0. The van der Waals surface area contributed by atoms with E-state index in [4.69, 9.17) is 9.84 Å². The summed E-state index contributed by atoms with van der Waals surface area (Å²) in [5.41, 5.74) is 0.461. The van der Waals surface area contributed by atoms with E-state index in [1.807, 2.05) is 20.8 Å². The van der Waals surface area contributed by atoms with Crippen LogP contribution in [0.5, 0.6) is 0 Å². The topological polar surface area (TPSA) is 72.3 Å². The van der Waals surface area contributed by atoms with Crippen LogP contribution in [-0.4, -0.2) is 33.3 Å². The second kappa shape index (κ2) is 7.94. The first-order chi connectivity index (χ1) is 9.44. The molecule has 0 spiro atoms. The predicted molar refractivity (Wildman–Crippen MR) is 76.5 cm³/mol. The number of unbranched alkanes of at least 4 members (excludes halogenated alkanes) is 3. The maximum Gasteiger partial charge on any atom is 0.359 e. The summed E-state index contributed by atoms with van der Waals surface area (Å²) in [5, 5.41) is 8.72. The molecule has 0 atom stereocenters. The van der Waals surface area contributed by atoms with Gasteiger partial charge in [0.25, 0.3) is 0 Å². The molecule has 0 amide bonds. The lowest BCUT2D eigenvalue weighted by Crippen LogP contribution is -2.25. The van der Waals surface area contributed by atoms with Gasteiger partial charge in [0.15, 0.2) is 5.69 Å². The molecule has 0 bridgehead atoms. The number of carbonyl (C=O) groups excluding carboxylic acids is 1. The van der Waals surface area contributed by atoms with Crippen molar-refractivity contribution in [1.29, 1.82) is 0 Å². The molecule has 0 saturated carbocycles. The molecule has 1 N–H and O–H groups in total. The average molecular weight is 280 g/mol. The van der Waals surface area contributed by atoms with Gasteiger partial charge in [0, 0.05) is 19.0 Å². The van der Waals surface area contributed by atoms with Crippen LogP contribution >= 0.6 is 0 Å². The van der Waals surface area contributed by atoms with Crippen molar-refractivity contribution in [3.63, 3.8) is 0 Å². The molecule has 0 aliphatic carbocycles. The summed E-state index contributed by atoms with van der Waals surface area (Å²) in [7, 11) is 0. The molecule has 0 unspecified atom stereocenters. The van der Waals surface area contributed by atoms with Crippen LogP contribution in [0.1, 0.15) is 62.6 Å². The Bertz CT molecular complexity index is 427. The zero-order valence-electron chi connectivity index (χ0n) is 12.6. The molecule has 0 aromatic carbocycles. The monoisotopic (exact) mass is 280 g/mol. The Balaban J connectivity index is 2.61. The van der Waals surface area contributed by atoms with E-state index in [0.717, 1.165) is 25.7 Å². The van der Waals surface area contributed by atoms with Gasteiger partial charge in [-0.25, -0.2) is 9.78 Å². The SMILES string of the molecule is CC(C)(C)OC(=O)c1nccnc1CCCCCCO. The normalized spacial score (nSPS) is 11.4. The fourth-order valence-corrected chi connectivity index (χ4v) is 1.80. The molecule has 0 radical (unpaired) electrons. The Hall–Kier alpha value is -1.49. The van der Waals surface area contributed by atoms with Crippen molar-refractivity contribution >= 4 is 5.97 Å². The van der Waals surface area contributed by atoms with Crippen molar-refractivity contribution in [2.24, 2.45) is 0 Å². The smallest absolute Gasteiger partial charge is 0.359 e. The summed E-state index contributed by atoms with van der Waals surface area (Å²) in [6.45, 7) is 5.72. The van der Waals surface area contributed by atoms with E-state index in [1.54, 1.807) is 6.20 Å². The van der Waals surface area contributed by atoms with E-state index in [0.29, 0.717) is 17.8 Å². The van der Waals surface area contributed by atoms with Gasteiger partial charge < -0.3 is 9.84 Å². The van der Waals surface area contributed by atoms with E-state index >= 15 is 0 Å². The second-order valence-electron chi connectivity index (χ2n) is 5.74. The number of aliphatic hydroxyl groups excluding tert-OH is 1. The summed E-state index contributed by atoms with van der Waals surface area (Å²) in [5.74, 6) is -0.420. The minimum atomic E-state index is -0.535. The maximum atomic E-state index is 12.1. The van der Waals surface area contributed by atoms with E-state index in [2.05, 4.69) is 9.97 Å². The van der Waals surface area contributed by atoms with Gasteiger partial charge in [-0.05, 0) is 40.0 Å².